The van der Waals surface area contributed by atoms with Gasteiger partial charge in [0.15, 0.2) is 0 Å². The molecule has 0 unspecified atom stereocenters. The minimum absolute atomic E-state index is 0.0335. The number of carbonyl (C=O) groups excluding carboxylic acids is 1. The highest BCUT2D eigenvalue weighted by Gasteiger charge is 2.35. The zero-order chi connectivity index (χ0) is 18.3. The van der Waals surface area contributed by atoms with Crippen LogP contribution >= 0.6 is 0 Å². The second-order valence-electron chi connectivity index (χ2n) is 7.19. The van der Waals surface area contributed by atoms with E-state index in [4.69, 9.17) is 0 Å². The second kappa shape index (κ2) is 6.43. The fourth-order valence-electron chi connectivity index (χ4n) is 3.45. The maximum atomic E-state index is 12.5. The Morgan fingerprint density at radius 1 is 1.04 bits per heavy atom. The number of anilines is 1. The number of hydrogen-bond donors (Lipinski definition) is 2. The molecule has 2 aliphatic carbocycles. The second-order valence-corrected chi connectivity index (χ2v) is 9.15. The molecule has 6 heteroatoms. The molecule has 0 heterocycles. The molecule has 0 saturated heterocycles. The number of amides is 1. The van der Waals surface area contributed by atoms with Gasteiger partial charge in [0.2, 0.25) is 10.0 Å². The van der Waals surface area contributed by atoms with E-state index in [1.54, 1.807) is 24.3 Å². The molecule has 0 bridgehead atoms. The van der Waals surface area contributed by atoms with E-state index in [0.717, 1.165) is 25.7 Å². The highest BCUT2D eigenvalue weighted by molar-refractivity contribution is 7.93. The molecule has 2 aliphatic rings. The summed E-state index contributed by atoms with van der Waals surface area (Å²) in [6.07, 6.45) is 3.32. The normalized spacial score (nSPS) is 19.0. The minimum atomic E-state index is -3.28. The third-order valence-electron chi connectivity index (χ3n) is 5.05. The van der Waals surface area contributed by atoms with Crippen LogP contribution in [0, 0.1) is 6.92 Å². The van der Waals surface area contributed by atoms with E-state index >= 15 is 0 Å². The lowest BCUT2D eigenvalue weighted by atomic mass is 10.1. The largest absolute Gasteiger partial charge is 0.345 e. The standard InChI is InChI=1S/C20H22N2O3S/c1-13-2-10-18-15(12-13)5-11-19(18)21-20(23)14-3-6-16(7-4-14)22-26(24,25)17-8-9-17/h2-4,6-7,10,12,17,19,22H,5,8-9,11H2,1H3,(H,21,23)/t19-/m1/s1. The van der Waals surface area contributed by atoms with Gasteiger partial charge < -0.3 is 5.32 Å². The van der Waals surface area contributed by atoms with Crippen molar-refractivity contribution in [2.75, 3.05) is 4.72 Å². The molecular formula is C20H22N2O3S. The fraction of sp³-hybridized carbons (Fsp3) is 0.350. The summed E-state index contributed by atoms with van der Waals surface area (Å²) in [6, 6.07) is 13.0. The lowest BCUT2D eigenvalue weighted by Gasteiger charge is -2.15. The Kier molecular flexibility index (Phi) is 4.23. The SMILES string of the molecule is Cc1ccc2c(c1)CC[C@H]2NC(=O)c1ccc(NS(=O)(=O)C2CC2)cc1. The molecule has 1 fully saturated rings. The van der Waals surface area contributed by atoms with Crippen LogP contribution in [0.1, 0.15) is 52.4 Å². The lowest BCUT2D eigenvalue weighted by Crippen LogP contribution is -2.27. The lowest BCUT2D eigenvalue weighted by molar-refractivity contribution is 0.0936. The third kappa shape index (κ3) is 3.46. The fourth-order valence-corrected chi connectivity index (χ4v) is 4.84. The van der Waals surface area contributed by atoms with E-state index in [1.165, 1.54) is 16.7 Å². The molecule has 2 aromatic rings. The van der Waals surface area contributed by atoms with Crippen LogP contribution < -0.4 is 10.0 Å². The highest BCUT2D eigenvalue weighted by atomic mass is 32.2. The number of nitrogens with one attached hydrogen (secondary N) is 2. The van der Waals surface area contributed by atoms with Gasteiger partial charge in [0.25, 0.3) is 5.91 Å². The van der Waals surface area contributed by atoms with Gasteiger partial charge in [-0.1, -0.05) is 23.8 Å². The van der Waals surface area contributed by atoms with Crippen LogP contribution in [0.3, 0.4) is 0 Å². The number of carbonyl (C=O) groups is 1. The molecule has 136 valence electrons. The molecule has 0 aromatic heterocycles. The molecular weight excluding hydrogens is 348 g/mol. The van der Waals surface area contributed by atoms with Gasteiger partial charge in [0.05, 0.1) is 11.3 Å². The molecule has 5 nitrogen and oxygen atoms in total. The van der Waals surface area contributed by atoms with Crippen molar-refractivity contribution in [1.82, 2.24) is 5.32 Å². The third-order valence-corrected chi connectivity index (χ3v) is 6.92. The molecule has 2 aromatic carbocycles. The van der Waals surface area contributed by atoms with Gasteiger partial charge in [-0.25, -0.2) is 8.42 Å². The zero-order valence-electron chi connectivity index (χ0n) is 14.7. The van der Waals surface area contributed by atoms with Crippen molar-refractivity contribution in [3.8, 4) is 0 Å². The van der Waals surface area contributed by atoms with Crippen molar-refractivity contribution in [2.24, 2.45) is 0 Å². The molecule has 1 amide bonds. The van der Waals surface area contributed by atoms with Gasteiger partial charge >= 0.3 is 0 Å². The number of fused-ring (bicyclic) bond motifs is 1. The van der Waals surface area contributed by atoms with Gasteiger partial charge in [-0.15, -0.1) is 0 Å². The molecule has 0 spiro atoms. The first-order chi connectivity index (χ1) is 12.4. The highest BCUT2D eigenvalue weighted by Crippen LogP contribution is 2.32. The molecule has 1 saturated carbocycles. The van der Waals surface area contributed by atoms with Crippen LogP contribution in [0.5, 0.6) is 0 Å². The van der Waals surface area contributed by atoms with Crippen molar-refractivity contribution in [3.63, 3.8) is 0 Å². The maximum Gasteiger partial charge on any atom is 0.251 e. The summed E-state index contributed by atoms with van der Waals surface area (Å²) in [5.74, 6) is -0.139. The first kappa shape index (κ1) is 17.1. The number of rotatable bonds is 5. The topological polar surface area (TPSA) is 75.3 Å². The summed E-state index contributed by atoms with van der Waals surface area (Å²) in [4.78, 5) is 12.5. The van der Waals surface area contributed by atoms with Crippen LogP contribution in [0.4, 0.5) is 5.69 Å². The summed E-state index contributed by atoms with van der Waals surface area (Å²) < 4.78 is 26.5. The molecule has 1 atom stereocenters. The summed E-state index contributed by atoms with van der Waals surface area (Å²) in [5, 5.41) is 2.82. The van der Waals surface area contributed by atoms with Crippen LogP contribution in [0.15, 0.2) is 42.5 Å². The Balaban J connectivity index is 1.43. The Bertz CT molecular complexity index is 948. The van der Waals surface area contributed by atoms with E-state index in [2.05, 4.69) is 35.2 Å². The van der Waals surface area contributed by atoms with E-state index in [9.17, 15) is 13.2 Å². The predicted molar refractivity (Wildman–Crippen MR) is 102 cm³/mol. The van der Waals surface area contributed by atoms with Gasteiger partial charge in [-0.3, -0.25) is 9.52 Å². The molecule has 4 rings (SSSR count). The zero-order valence-corrected chi connectivity index (χ0v) is 15.5. The first-order valence-electron chi connectivity index (χ1n) is 8.94. The molecule has 2 N–H and O–H groups in total. The number of hydrogen-bond acceptors (Lipinski definition) is 3. The summed E-state index contributed by atoms with van der Waals surface area (Å²) >= 11 is 0. The number of sulfonamides is 1. The average Bonchev–Trinajstić information content (AvgIpc) is 3.39. The van der Waals surface area contributed by atoms with Crippen molar-refractivity contribution in [3.05, 3.63) is 64.7 Å². The van der Waals surface area contributed by atoms with Crippen molar-refractivity contribution in [2.45, 2.75) is 43.9 Å². The Morgan fingerprint density at radius 3 is 2.46 bits per heavy atom. The quantitative estimate of drug-likeness (QED) is 0.848. The van der Waals surface area contributed by atoms with E-state index < -0.39 is 10.0 Å². The Labute approximate surface area is 153 Å². The van der Waals surface area contributed by atoms with Gasteiger partial charge in [-0.2, -0.15) is 0 Å². The summed E-state index contributed by atoms with van der Waals surface area (Å²) in [7, 11) is -3.28. The Morgan fingerprint density at radius 2 is 1.77 bits per heavy atom. The number of aryl methyl sites for hydroxylation is 2. The van der Waals surface area contributed by atoms with Crippen LogP contribution in [-0.2, 0) is 16.4 Å². The average molecular weight is 370 g/mol. The first-order valence-corrected chi connectivity index (χ1v) is 10.5. The van der Waals surface area contributed by atoms with Crippen molar-refractivity contribution >= 4 is 21.6 Å². The molecule has 26 heavy (non-hydrogen) atoms. The summed E-state index contributed by atoms with van der Waals surface area (Å²) in [5.41, 5.74) is 4.76. The van der Waals surface area contributed by atoms with Crippen LogP contribution in [0.25, 0.3) is 0 Å². The maximum absolute atomic E-state index is 12.5. The van der Waals surface area contributed by atoms with Crippen LogP contribution in [-0.4, -0.2) is 19.6 Å². The monoisotopic (exact) mass is 370 g/mol. The van der Waals surface area contributed by atoms with Gasteiger partial charge in [0, 0.05) is 11.3 Å². The molecule has 0 aliphatic heterocycles. The number of benzene rings is 2. The van der Waals surface area contributed by atoms with Crippen molar-refractivity contribution in [1.29, 1.82) is 0 Å². The minimum Gasteiger partial charge on any atom is -0.345 e. The predicted octanol–water partition coefficient (Wildman–Crippen LogP) is 3.32. The smallest absolute Gasteiger partial charge is 0.251 e. The van der Waals surface area contributed by atoms with E-state index in [1.807, 2.05) is 0 Å². The molecule has 0 radical (unpaired) electrons. The van der Waals surface area contributed by atoms with Gasteiger partial charge in [0.1, 0.15) is 0 Å². The van der Waals surface area contributed by atoms with E-state index in [0.29, 0.717) is 11.3 Å². The Hall–Kier alpha value is -2.34. The van der Waals surface area contributed by atoms with Crippen LogP contribution in [0.2, 0.25) is 0 Å². The van der Waals surface area contributed by atoms with Gasteiger partial charge in [-0.05, 0) is 68.0 Å². The summed E-state index contributed by atoms with van der Waals surface area (Å²) in [6.45, 7) is 2.07. The van der Waals surface area contributed by atoms with E-state index in [-0.39, 0.29) is 17.2 Å². The van der Waals surface area contributed by atoms with Crippen molar-refractivity contribution < 1.29 is 13.2 Å².